The lowest BCUT2D eigenvalue weighted by atomic mass is 10.00. The van der Waals surface area contributed by atoms with Gasteiger partial charge in [0.05, 0.1) is 32.9 Å². The number of alkyl halides is 1. The van der Waals surface area contributed by atoms with E-state index in [1.54, 1.807) is 24.2 Å². The van der Waals surface area contributed by atoms with Crippen molar-refractivity contribution in [2.45, 2.75) is 12.6 Å². The van der Waals surface area contributed by atoms with Crippen molar-refractivity contribution in [3.8, 4) is 11.1 Å². The van der Waals surface area contributed by atoms with E-state index in [1.807, 2.05) is 19.2 Å². The maximum absolute atomic E-state index is 15.5. The number of halogens is 3. The van der Waals surface area contributed by atoms with Gasteiger partial charge in [0.15, 0.2) is 10.9 Å². The minimum absolute atomic E-state index is 0.00956. The van der Waals surface area contributed by atoms with Gasteiger partial charge in [0.2, 0.25) is 5.91 Å². The summed E-state index contributed by atoms with van der Waals surface area (Å²) >= 11 is 7.84. The standard InChI is InChI=1S/C22H21ClF2N6OS/c1-26-5-6-31(2)20-18(25)17(23)16(12-9-27-30-19(12)20)10-3-4-14-15(7-10)33-22(28-14)29-21(32)11-8-13(11)24/h3-4,7,9,11,13,26H,5-6,8H2,1-2H3,(H,27,30)(H,28,29,32)/t11-,13+/m1/s1. The Labute approximate surface area is 197 Å². The van der Waals surface area contributed by atoms with Crippen LogP contribution in [0.2, 0.25) is 5.02 Å². The Kier molecular flexibility index (Phi) is 5.67. The van der Waals surface area contributed by atoms with E-state index in [0.29, 0.717) is 51.5 Å². The molecule has 0 aliphatic heterocycles. The largest absolute Gasteiger partial charge is 0.369 e. The molecule has 0 spiro atoms. The molecule has 2 aromatic heterocycles. The molecule has 11 heteroatoms. The minimum atomic E-state index is -1.07. The molecule has 2 atom stereocenters. The average molecular weight is 491 g/mol. The number of likely N-dealkylation sites (N-methyl/N-ethyl adjacent to an activating group) is 2. The number of nitrogens with zero attached hydrogens (tertiary/aromatic N) is 3. The number of amides is 1. The monoisotopic (exact) mass is 490 g/mol. The van der Waals surface area contributed by atoms with E-state index in [2.05, 4.69) is 25.8 Å². The highest BCUT2D eigenvalue weighted by atomic mass is 35.5. The first-order valence-corrected chi connectivity index (χ1v) is 11.6. The summed E-state index contributed by atoms with van der Waals surface area (Å²) in [5, 5.41) is 13.9. The van der Waals surface area contributed by atoms with Crippen molar-refractivity contribution in [2.24, 2.45) is 5.92 Å². The quantitative estimate of drug-likeness (QED) is 0.353. The van der Waals surface area contributed by atoms with Gasteiger partial charge in [0.1, 0.15) is 11.9 Å². The van der Waals surface area contributed by atoms with Crippen LogP contribution < -0.4 is 15.5 Å². The van der Waals surface area contributed by atoms with Crippen molar-refractivity contribution in [3.05, 3.63) is 35.2 Å². The molecule has 1 fully saturated rings. The Morgan fingerprint density at radius 2 is 2.21 bits per heavy atom. The molecule has 1 saturated carbocycles. The van der Waals surface area contributed by atoms with Gasteiger partial charge >= 0.3 is 0 Å². The number of anilines is 2. The third kappa shape index (κ3) is 3.92. The number of aromatic nitrogens is 3. The summed E-state index contributed by atoms with van der Waals surface area (Å²) in [5.41, 5.74) is 2.84. The van der Waals surface area contributed by atoms with E-state index in [-0.39, 0.29) is 17.4 Å². The van der Waals surface area contributed by atoms with Gasteiger partial charge in [-0.3, -0.25) is 9.89 Å². The molecule has 4 aromatic rings. The number of benzene rings is 2. The summed E-state index contributed by atoms with van der Waals surface area (Å²) in [4.78, 5) is 18.2. The number of aromatic amines is 1. The maximum Gasteiger partial charge on any atom is 0.232 e. The van der Waals surface area contributed by atoms with Crippen LogP contribution in [0.5, 0.6) is 0 Å². The number of hydrogen-bond acceptors (Lipinski definition) is 6. The predicted molar refractivity (Wildman–Crippen MR) is 129 cm³/mol. The molecule has 172 valence electrons. The van der Waals surface area contributed by atoms with Crippen molar-refractivity contribution >= 4 is 60.8 Å². The fourth-order valence-corrected chi connectivity index (χ4v) is 5.11. The first-order chi connectivity index (χ1) is 15.9. The maximum atomic E-state index is 15.5. The van der Waals surface area contributed by atoms with Gasteiger partial charge < -0.3 is 15.5 Å². The highest BCUT2D eigenvalue weighted by Crippen LogP contribution is 2.43. The van der Waals surface area contributed by atoms with Crippen LogP contribution in [0.25, 0.3) is 32.2 Å². The van der Waals surface area contributed by atoms with Gasteiger partial charge in [-0.1, -0.05) is 29.0 Å². The number of nitrogens with one attached hydrogen (secondary N) is 3. The number of carbonyl (C=O) groups is 1. The number of rotatable bonds is 7. The molecule has 7 nitrogen and oxygen atoms in total. The number of carbonyl (C=O) groups excluding carboxylic acids is 1. The zero-order chi connectivity index (χ0) is 23.3. The van der Waals surface area contributed by atoms with E-state index in [9.17, 15) is 9.18 Å². The molecule has 0 radical (unpaired) electrons. The second-order valence-corrected chi connectivity index (χ2v) is 9.49. The number of fused-ring (bicyclic) bond motifs is 2. The molecule has 0 bridgehead atoms. The molecular formula is C22H21ClF2N6OS. The van der Waals surface area contributed by atoms with E-state index < -0.39 is 17.9 Å². The van der Waals surface area contributed by atoms with E-state index >= 15 is 4.39 Å². The summed E-state index contributed by atoms with van der Waals surface area (Å²) in [5.74, 6) is -1.47. The lowest BCUT2D eigenvalue weighted by molar-refractivity contribution is -0.117. The van der Waals surface area contributed by atoms with Crippen molar-refractivity contribution in [2.75, 3.05) is 37.4 Å². The van der Waals surface area contributed by atoms with E-state index in [4.69, 9.17) is 11.6 Å². The summed E-state index contributed by atoms with van der Waals surface area (Å²) < 4.78 is 29.4. The van der Waals surface area contributed by atoms with Gasteiger partial charge in [-0.15, -0.1) is 0 Å². The molecule has 2 aromatic carbocycles. The fraction of sp³-hybridized carbons (Fsp3) is 0.318. The zero-order valence-electron chi connectivity index (χ0n) is 17.9. The van der Waals surface area contributed by atoms with Gasteiger partial charge in [0.25, 0.3) is 0 Å². The molecule has 1 aliphatic rings. The van der Waals surface area contributed by atoms with Crippen molar-refractivity contribution < 1.29 is 13.6 Å². The van der Waals surface area contributed by atoms with Gasteiger partial charge in [-0.25, -0.2) is 13.8 Å². The topological polar surface area (TPSA) is 85.9 Å². The Bertz CT molecular complexity index is 1370. The smallest absolute Gasteiger partial charge is 0.232 e. The molecule has 1 aliphatic carbocycles. The Hall–Kier alpha value is -2.82. The third-order valence-electron chi connectivity index (χ3n) is 5.80. The summed E-state index contributed by atoms with van der Waals surface area (Å²) in [7, 11) is 3.64. The van der Waals surface area contributed by atoms with Crippen molar-refractivity contribution in [1.29, 1.82) is 0 Å². The van der Waals surface area contributed by atoms with Crippen LogP contribution in [-0.4, -0.2) is 54.4 Å². The van der Waals surface area contributed by atoms with E-state index in [0.717, 1.165) is 4.70 Å². The molecule has 2 heterocycles. The molecule has 0 unspecified atom stereocenters. The lowest BCUT2D eigenvalue weighted by Crippen LogP contribution is -2.28. The average Bonchev–Trinajstić information content (AvgIpc) is 3.16. The first-order valence-electron chi connectivity index (χ1n) is 10.4. The van der Waals surface area contributed by atoms with Crippen LogP contribution in [0, 0.1) is 11.7 Å². The second-order valence-electron chi connectivity index (χ2n) is 8.08. The number of H-pyrrole nitrogens is 1. The van der Waals surface area contributed by atoms with Crippen LogP contribution in [0.1, 0.15) is 6.42 Å². The normalized spacial score (nSPS) is 17.6. The lowest BCUT2D eigenvalue weighted by Gasteiger charge is -2.22. The van der Waals surface area contributed by atoms with Crippen molar-refractivity contribution in [1.82, 2.24) is 20.5 Å². The predicted octanol–water partition coefficient (Wildman–Crippen LogP) is 4.58. The highest BCUT2D eigenvalue weighted by molar-refractivity contribution is 7.22. The SMILES string of the molecule is CNCCN(C)c1c(F)c(Cl)c(-c2ccc3nc(NC(=O)[C@@H]4C[C@@H]4F)sc3c2)c2cn[nH]c12. The van der Waals surface area contributed by atoms with Crippen molar-refractivity contribution in [3.63, 3.8) is 0 Å². The number of hydrogen-bond donors (Lipinski definition) is 3. The number of thiazole rings is 1. The van der Waals surface area contributed by atoms with Crippen LogP contribution >= 0.6 is 22.9 Å². The minimum Gasteiger partial charge on any atom is -0.369 e. The van der Waals surface area contributed by atoms with Gasteiger partial charge in [0, 0.05) is 31.1 Å². The first kappa shape index (κ1) is 22.0. The highest BCUT2D eigenvalue weighted by Gasteiger charge is 2.43. The van der Waals surface area contributed by atoms with Gasteiger partial charge in [-0.05, 0) is 31.2 Å². The fourth-order valence-electron chi connectivity index (χ4n) is 3.90. The second kappa shape index (κ2) is 8.51. The molecule has 1 amide bonds. The summed E-state index contributed by atoms with van der Waals surface area (Å²) in [6, 6.07) is 5.46. The Balaban J connectivity index is 1.55. The van der Waals surface area contributed by atoms with Crippen LogP contribution in [-0.2, 0) is 4.79 Å². The molecule has 3 N–H and O–H groups in total. The van der Waals surface area contributed by atoms with Crippen LogP contribution in [0.3, 0.4) is 0 Å². The third-order valence-corrected chi connectivity index (χ3v) is 7.09. The van der Waals surface area contributed by atoms with Crippen LogP contribution in [0.15, 0.2) is 24.4 Å². The molecule has 0 saturated heterocycles. The summed E-state index contributed by atoms with van der Waals surface area (Å²) in [6.07, 6.45) is 0.823. The Morgan fingerprint density at radius 1 is 1.42 bits per heavy atom. The van der Waals surface area contributed by atoms with Crippen LogP contribution in [0.4, 0.5) is 19.6 Å². The zero-order valence-corrected chi connectivity index (χ0v) is 19.4. The molecule has 33 heavy (non-hydrogen) atoms. The summed E-state index contributed by atoms with van der Waals surface area (Å²) in [6.45, 7) is 1.27. The molecular weight excluding hydrogens is 470 g/mol. The van der Waals surface area contributed by atoms with E-state index in [1.165, 1.54) is 11.3 Å². The Morgan fingerprint density at radius 3 is 2.94 bits per heavy atom. The molecule has 5 rings (SSSR count). The van der Waals surface area contributed by atoms with Gasteiger partial charge in [-0.2, -0.15) is 5.10 Å².